The number of ketones is 1. The first-order chi connectivity index (χ1) is 15.9. The Morgan fingerprint density at radius 2 is 1.67 bits per heavy atom. The molecule has 1 unspecified atom stereocenters. The van der Waals surface area contributed by atoms with E-state index in [0.29, 0.717) is 18.8 Å². The van der Waals surface area contributed by atoms with Crippen molar-refractivity contribution < 1.29 is 18.7 Å². The summed E-state index contributed by atoms with van der Waals surface area (Å²) in [4.78, 5) is 12.6. The van der Waals surface area contributed by atoms with Crippen molar-refractivity contribution in [3.8, 4) is 17.2 Å². The summed E-state index contributed by atoms with van der Waals surface area (Å²) in [6.45, 7) is 6.48. The summed E-state index contributed by atoms with van der Waals surface area (Å²) in [5, 5.41) is 0. The number of Topliss-reactive ketones (excluding diaryl/α,β-unsaturated/α-hetero) is 1. The monoisotopic (exact) mass is 448 g/mol. The van der Waals surface area contributed by atoms with Gasteiger partial charge in [-0.25, -0.2) is 4.39 Å². The number of carbonyl (C=O) groups is 1. The predicted molar refractivity (Wildman–Crippen MR) is 131 cm³/mol. The lowest BCUT2D eigenvalue weighted by molar-refractivity contribution is -0.122. The molecule has 0 aliphatic rings. The molecule has 0 aromatic heterocycles. The molecule has 3 rings (SSSR count). The van der Waals surface area contributed by atoms with Crippen molar-refractivity contribution in [2.75, 3.05) is 6.61 Å². The highest BCUT2D eigenvalue weighted by molar-refractivity contribution is 5.87. The minimum Gasteiger partial charge on any atom is -0.494 e. The normalized spacial score (nSPS) is 12.7. The Hall–Kier alpha value is -3.14. The lowest BCUT2D eigenvalue weighted by atomic mass is 9.75. The molecule has 0 N–H and O–H groups in total. The Morgan fingerprint density at radius 1 is 0.939 bits per heavy atom. The van der Waals surface area contributed by atoms with Crippen LogP contribution in [0.4, 0.5) is 4.39 Å². The van der Waals surface area contributed by atoms with E-state index in [1.165, 1.54) is 6.07 Å². The summed E-state index contributed by atoms with van der Waals surface area (Å²) in [5.41, 5.74) is 1.39. The van der Waals surface area contributed by atoms with E-state index in [4.69, 9.17) is 9.47 Å². The van der Waals surface area contributed by atoms with Gasteiger partial charge >= 0.3 is 0 Å². The van der Waals surface area contributed by atoms with Crippen molar-refractivity contribution in [3.05, 3.63) is 89.7 Å². The number of hydrogen-bond acceptors (Lipinski definition) is 3. The van der Waals surface area contributed by atoms with Crippen LogP contribution < -0.4 is 9.47 Å². The van der Waals surface area contributed by atoms with E-state index >= 15 is 0 Å². The van der Waals surface area contributed by atoms with Gasteiger partial charge in [0.05, 0.1) is 12.0 Å². The molecule has 3 aromatic carbocycles. The van der Waals surface area contributed by atoms with E-state index in [9.17, 15) is 9.18 Å². The van der Waals surface area contributed by atoms with E-state index in [0.717, 1.165) is 42.6 Å². The smallest absolute Gasteiger partial charge is 0.165 e. The van der Waals surface area contributed by atoms with Crippen molar-refractivity contribution in [3.63, 3.8) is 0 Å². The number of ether oxygens (including phenoxy) is 2. The van der Waals surface area contributed by atoms with Crippen molar-refractivity contribution in [1.29, 1.82) is 0 Å². The SMILES string of the molecule is CCCCOc1ccc(C(C)(CCCc2ccc(F)c(Oc3ccccc3)c2)C(C)=O)cc1. The average Bonchev–Trinajstić information content (AvgIpc) is 2.82. The zero-order valence-electron chi connectivity index (χ0n) is 19.8. The number of rotatable bonds is 12. The molecule has 174 valence electrons. The third-order valence-corrected chi connectivity index (χ3v) is 6.14. The lowest BCUT2D eigenvalue weighted by Crippen LogP contribution is -2.30. The average molecular weight is 449 g/mol. The number of hydrogen-bond donors (Lipinski definition) is 0. The minimum atomic E-state index is -0.578. The molecule has 0 radical (unpaired) electrons. The molecule has 33 heavy (non-hydrogen) atoms. The summed E-state index contributed by atoms with van der Waals surface area (Å²) in [6, 6.07) is 22.0. The molecule has 0 heterocycles. The van der Waals surface area contributed by atoms with E-state index < -0.39 is 11.2 Å². The number of halogens is 1. The second-order valence-corrected chi connectivity index (χ2v) is 8.65. The van der Waals surface area contributed by atoms with Crippen molar-refractivity contribution in [1.82, 2.24) is 0 Å². The molecule has 0 fully saturated rings. The molecule has 0 bridgehead atoms. The number of aryl methyl sites for hydroxylation is 1. The fourth-order valence-electron chi connectivity index (χ4n) is 3.82. The van der Waals surface area contributed by atoms with Crippen LogP contribution in [0.5, 0.6) is 17.2 Å². The van der Waals surface area contributed by atoms with Gasteiger partial charge in [0, 0.05) is 0 Å². The van der Waals surface area contributed by atoms with Crippen LogP contribution in [0.15, 0.2) is 72.8 Å². The summed E-state index contributed by atoms with van der Waals surface area (Å²) in [7, 11) is 0. The van der Waals surface area contributed by atoms with Gasteiger partial charge in [-0.2, -0.15) is 0 Å². The Bertz CT molecular complexity index is 1030. The van der Waals surface area contributed by atoms with Crippen LogP contribution in [-0.4, -0.2) is 12.4 Å². The molecule has 0 saturated heterocycles. The third-order valence-electron chi connectivity index (χ3n) is 6.14. The molecule has 3 aromatic rings. The fourth-order valence-corrected chi connectivity index (χ4v) is 3.82. The van der Waals surface area contributed by atoms with Crippen LogP contribution >= 0.6 is 0 Å². The molecule has 3 nitrogen and oxygen atoms in total. The largest absolute Gasteiger partial charge is 0.494 e. The van der Waals surface area contributed by atoms with Crippen LogP contribution in [0.3, 0.4) is 0 Å². The lowest BCUT2D eigenvalue weighted by Gasteiger charge is -2.27. The first kappa shape index (κ1) is 24.5. The highest BCUT2D eigenvalue weighted by Gasteiger charge is 2.31. The molecule has 0 spiro atoms. The molecule has 4 heteroatoms. The van der Waals surface area contributed by atoms with E-state index in [1.54, 1.807) is 31.2 Å². The third kappa shape index (κ3) is 6.67. The number of unbranched alkanes of at least 4 members (excludes halogenated alkanes) is 1. The van der Waals surface area contributed by atoms with Crippen LogP contribution in [0.2, 0.25) is 0 Å². The molecule has 0 aliphatic carbocycles. The standard InChI is InChI=1S/C29H33FO3/c1-4-5-20-32-25-16-14-24(15-17-25)29(3,22(2)31)19-9-10-23-13-18-27(30)28(21-23)33-26-11-7-6-8-12-26/h6-8,11-18,21H,4-5,9-10,19-20H2,1-3H3. The van der Waals surface area contributed by atoms with Crippen LogP contribution in [0, 0.1) is 5.82 Å². The van der Waals surface area contributed by atoms with Crippen LogP contribution in [0.25, 0.3) is 0 Å². The Labute approximate surface area is 196 Å². The molecule has 1 atom stereocenters. The van der Waals surface area contributed by atoms with Gasteiger partial charge < -0.3 is 9.47 Å². The fraction of sp³-hybridized carbons (Fsp3) is 0.345. The van der Waals surface area contributed by atoms with Crippen molar-refractivity contribution in [2.45, 2.75) is 58.3 Å². The summed E-state index contributed by atoms with van der Waals surface area (Å²) in [6.07, 6.45) is 4.33. The van der Waals surface area contributed by atoms with Crippen molar-refractivity contribution in [2.24, 2.45) is 0 Å². The maximum absolute atomic E-state index is 14.2. The summed E-state index contributed by atoms with van der Waals surface area (Å²) in [5.74, 6) is 1.38. The van der Waals surface area contributed by atoms with Gasteiger partial charge in [0.2, 0.25) is 0 Å². The first-order valence-corrected chi connectivity index (χ1v) is 11.7. The van der Waals surface area contributed by atoms with E-state index in [2.05, 4.69) is 6.92 Å². The van der Waals surface area contributed by atoms with E-state index in [1.807, 2.05) is 49.4 Å². The van der Waals surface area contributed by atoms with Gasteiger partial charge in [0.25, 0.3) is 0 Å². The minimum absolute atomic E-state index is 0.134. The summed E-state index contributed by atoms with van der Waals surface area (Å²) >= 11 is 0. The number of carbonyl (C=O) groups excluding carboxylic acids is 1. The number of benzene rings is 3. The second-order valence-electron chi connectivity index (χ2n) is 8.65. The summed E-state index contributed by atoms with van der Waals surface area (Å²) < 4.78 is 25.7. The number of para-hydroxylation sites is 1. The quantitative estimate of drug-likeness (QED) is 0.267. The predicted octanol–water partition coefficient (Wildman–Crippen LogP) is 7.67. The van der Waals surface area contributed by atoms with E-state index in [-0.39, 0.29) is 11.5 Å². The molecule has 0 saturated carbocycles. The van der Waals surface area contributed by atoms with Gasteiger partial charge in [-0.3, -0.25) is 4.79 Å². The van der Waals surface area contributed by atoms with Gasteiger partial charge in [-0.1, -0.05) is 49.7 Å². The zero-order chi connectivity index (χ0) is 23.7. The highest BCUT2D eigenvalue weighted by atomic mass is 19.1. The van der Waals surface area contributed by atoms with Crippen molar-refractivity contribution >= 4 is 5.78 Å². The van der Waals surface area contributed by atoms with Gasteiger partial charge in [0.1, 0.15) is 17.3 Å². The van der Waals surface area contributed by atoms with Gasteiger partial charge in [-0.05, 0) is 87.1 Å². The zero-order valence-corrected chi connectivity index (χ0v) is 19.8. The Morgan fingerprint density at radius 3 is 2.33 bits per heavy atom. The van der Waals surface area contributed by atoms with Crippen LogP contribution in [0.1, 0.15) is 57.6 Å². The molecular weight excluding hydrogens is 415 g/mol. The second kappa shape index (κ2) is 11.6. The maximum Gasteiger partial charge on any atom is 0.165 e. The molecule has 0 amide bonds. The Balaban J connectivity index is 1.64. The van der Waals surface area contributed by atoms with Gasteiger partial charge in [0.15, 0.2) is 11.6 Å². The maximum atomic E-state index is 14.2. The molecular formula is C29H33FO3. The Kier molecular flexibility index (Phi) is 8.65. The molecule has 0 aliphatic heterocycles. The van der Waals surface area contributed by atoms with Crippen LogP contribution in [-0.2, 0) is 16.6 Å². The topological polar surface area (TPSA) is 35.5 Å². The highest BCUT2D eigenvalue weighted by Crippen LogP contribution is 2.33. The van der Waals surface area contributed by atoms with Gasteiger partial charge in [-0.15, -0.1) is 0 Å². The first-order valence-electron chi connectivity index (χ1n) is 11.7.